The van der Waals surface area contributed by atoms with Gasteiger partial charge in [0.1, 0.15) is 22.8 Å². The third-order valence-corrected chi connectivity index (χ3v) is 8.33. The van der Waals surface area contributed by atoms with E-state index in [1.54, 1.807) is 42.1 Å². The van der Waals surface area contributed by atoms with Crippen LogP contribution in [0.1, 0.15) is 11.1 Å². The second-order valence-electron chi connectivity index (χ2n) is 9.91. The van der Waals surface area contributed by atoms with Crippen molar-refractivity contribution in [2.24, 2.45) is 7.05 Å². The van der Waals surface area contributed by atoms with Crippen LogP contribution in [0.2, 0.25) is 0 Å². The Bertz CT molecular complexity index is 1850. The monoisotopic (exact) mass is 603 g/mol. The van der Waals surface area contributed by atoms with Crippen LogP contribution >= 0.6 is 24.0 Å². The molecule has 0 aliphatic carbocycles. The Labute approximate surface area is 258 Å². The van der Waals surface area contributed by atoms with Crippen molar-refractivity contribution in [3.8, 4) is 22.8 Å². The Kier molecular flexibility index (Phi) is 7.91. The molecule has 0 bridgehead atoms. The second-order valence-corrected chi connectivity index (χ2v) is 11.4. The number of nitrogens with one attached hydrogen (secondary N) is 2. The van der Waals surface area contributed by atoms with Crippen molar-refractivity contribution in [3.63, 3.8) is 0 Å². The number of benzene rings is 4. The highest BCUT2D eigenvalue weighted by Crippen LogP contribution is 2.35. The fraction of sp³-hybridized carbons (Fsp3) is 0.0588. The molecule has 0 atom stereocenters. The molecule has 0 unspecified atom stereocenters. The number of aryl methyl sites for hydroxylation is 2. The molecule has 2 amide bonds. The number of hydrogen-bond donors (Lipinski definition) is 2. The van der Waals surface area contributed by atoms with Gasteiger partial charge in [-0.2, -0.15) is 5.10 Å². The first kappa shape index (κ1) is 28.1. The van der Waals surface area contributed by atoms with E-state index in [0.29, 0.717) is 17.2 Å². The Hall–Kier alpha value is -4.99. The van der Waals surface area contributed by atoms with Crippen LogP contribution in [0.5, 0.6) is 11.5 Å². The molecule has 43 heavy (non-hydrogen) atoms. The maximum atomic E-state index is 13.9. The number of H-pyrrole nitrogens is 1. The minimum absolute atomic E-state index is 0.0149. The smallest absolute Gasteiger partial charge is 0.277 e. The van der Waals surface area contributed by atoms with E-state index in [2.05, 4.69) is 34.7 Å². The Balaban J connectivity index is 1.38. The molecule has 212 valence electrons. The van der Waals surface area contributed by atoms with Gasteiger partial charge in [-0.1, -0.05) is 66.2 Å². The van der Waals surface area contributed by atoms with Crippen molar-refractivity contribution in [3.05, 3.63) is 126 Å². The number of aromatic amines is 1. The van der Waals surface area contributed by atoms with Crippen molar-refractivity contribution in [1.82, 2.24) is 10.4 Å². The minimum atomic E-state index is -0.551. The number of nitrogens with zero attached hydrogens (tertiary/aromatic N) is 2. The van der Waals surface area contributed by atoms with E-state index in [-0.39, 0.29) is 10.7 Å². The van der Waals surface area contributed by atoms with Gasteiger partial charge in [-0.25, -0.2) is 0 Å². The van der Waals surface area contributed by atoms with E-state index >= 15 is 0 Å². The van der Waals surface area contributed by atoms with Gasteiger partial charge in [-0.15, -0.1) is 4.68 Å². The lowest BCUT2D eigenvalue weighted by molar-refractivity contribution is -0.760. The molecule has 2 heterocycles. The molecule has 6 rings (SSSR count). The summed E-state index contributed by atoms with van der Waals surface area (Å²) in [7, 11) is 1.91. The lowest BCUT2D eigenvalue weighted by Crippen LogP contribution is -2.54. The van der Waals surface area contributed by atoms with Gasteiger partial charge in [-0.05, 0) is 85.5 Å². The number of thiocarbonyl (C=S) groups is 1. The van der Waals surface area contributed by atoms with Gasteiger partial charge in [0.2, 0.25) is 0 Å². The summed E-state index contributed by atoms with van der Waals surface area (Å²) in [6, 6.07) is 34.4. The van der Waals surface area contributed by atoms with Gasteiger partial charge in [0.25, 0.3) is 16.8 Å². The molecule has 1 aromatic heterocycles. The highest BCUT2D eigenvalue weighted by molar-refractivity contribution is 7.99. The highest BCUT2D eigenvalue weighted by atomic mass is 32.2. The molecule has 5 aromatic rings. The number of hydrogen-bond acceptors (Lipinski definition) is 5. The average molecular weight is 604 g/mol. The number of anilines is 1. The molecule has 1 saturated heterocycles. The SMILES string of the molecule is Cc1ccc(Sc2c(C=C3C(=O)NC(=S)N(c4ccc(Oc5ccccc5)cc4)C3=O)c(-c3ccccc3)[nH][n+]2C)cc1. The van der Waals surface area contributed by atoms with Crippen LogP contribution in [0, 0.1) is 6.92 Å². The molecular weight excluding hydrogens is 577 g/mol. The Morgan fingerprint density at radius 2 is 1.47 bits per heavy atom. The molecule has 0 spiro atoms. The summed E-state index contributed by atoms with van der Waals surface area (Å²) in [6.07, 6.45) is 1.65. The standard InChI is InChI=1S/C34H26N4O3S2/c1-22-13-19-27(20-14-22)43-33-28(30(36-37(33)2)23-9-5-3-6-10-23)21-29-31(39)35-34(42)38(32(29)40)24-15-17-26(18-16-24)41-25-11-7-4-8-12-25/h3-21H,1-2H3,(H,35,39,42)/p+1. The molecule has 1 fully saturated rings. The number of carbonyl (C=O) groups is 2. The zero-order valence-electron chi connectivity index (χ0n) is 23.4. The predicted molar refractivity (Wildman–Crippen MR) is 172 cm³/mol. The fourth-order valence-corrected chi connectivity index (χ4v) is 5.92. The summed E-state index contributed by atoms with van der Waals surface area (Å²) < 4.78 is 7.79. The van der Waals surface area contributed by atoms with Crippen molar-refractivity contribution in [2.75, 3.05) is 4.90 Å². The molecule has 0 radical (unpaired) electrons. The van der Waals surface area contributed by atoms with E-state index in [1.807, 2.05) is 79.3 Å². The molecule has 7 nitrogen and oxygen atoms in total. The van der Waals surface area contributed by atoms with Crippen LogP contribution in [0.4, 0.5) is 5.69 Å². The van der Waals surface area contributed by atoms with Crippen LogP contribution in [-0.4, -0.2) is 22.0 Å². The summed E-state index contributed by atoms with van der Waals surface area (Å²) in [5.41, 5.74) is 4.07. The number of ether oxygens (including phenoxy) is 1. The minimum Gasteiger partial charge on any atom is -0.457 e. The average Bonchev–Trinajstić information content (AvgIpc) is 3.32. The summed E-state index contributed by atoms with van der Waals surface area (Å²) in [5, 5.41) is 6.97. The summed E-state index contributed by atoms with van der Waals surface area (Å²) >= 11 is 7.00. The van der Waals surface area contributed by atoms with Crippen LogP contribution in [0.3, 0.4) is 0 Å². The van der Waals surface area contributed by atoms with Crippen LogP contribution in [0.15, 0.2) is 125 Å². The summed E-state index contributed by atoms with van der Waals surface area (Å²) in [6.45, 7) is 2.04. The fourth-order valence-electron chi connectivity index (χ4n) is 4.69. The van der Waals surface area contributed by atoms with Crippen molar-refractivity contribution in [1.29, 1.82) is 0 Å². The maximum absolute atomic E-state index is 13.9. The van der Waals surface area contributed by atoms with Crippen LogP contribution < -0.4 is 19.6 Å². The van der Waals surface area contributed by atoms with E-state index < -0.39 is 11.8 Å². The summed E-state index contributed by atoms with van der Waals surface area (Å²) in [4.78, 5) is 29.6. The van der Waals surface area contributed by atoms with E-state index in [0.717, 1.165) is 32.3 Å². The van der Waals surface area contributed by atoms with E-state index in [4.69, 9.17) is 17.0 Å². The predicted octanol–water partition coefficient (Wildman–Crippen LogP) is 6.59. The largest absolute Gasteiger partial charge is 0.457 e. The molecule has 1 aliphatic rings. The van der Waals surface area contributed by atoms with Crippen molar-refractivity contribution < 1.29 is 19.0 Å². The Morgan fingerprint density at radius 3 is 2.14 bits per heavy atom. The number of rotatable bonds is 7. The highest BCUT2D eigenvalue weighted by Gasteiger charge is 2.36. The first-order chi connectivity index (χ1) is 20.9. The van der Waals surface area contributed by atoms with Gasteiger partial charge in [-0.3, -0.25) is 19.8 Å². The lowest BCUT2D eigenvalue weighted by atomic mass is 10.0. The second kappa shape index (κ2) is 12.1. The number of aromatic nitrogens is 2. The van der Waals surface area contributed by atoms with Gasteiger partial charge in [0.15, 0.2) is 12.2 Å². The van der Waals surface area contributed by atoms with Gasteiger partial charge in [0.05, 0.1) is 11.3 Å². The quantitative estimate of drug-likeness (QED) is 0.0950. The van der Waals surface area contributed by atoms with Gasteiger partial charge in [0, 0.05) is 10.5 Å². The van der Waals surface area contributed by atoms with E-state index in [1.165, 1.54) is 4.90 Å². The molecule has 0 saturated carbocycles. The van der Waals surface area contributed by atoms with Gasteiger partial charge < -0.3 is 4.74 Å². The molecule has 2 N–H and O–H groups in total. The maximum Gasteiger partial charge on any atom is 0.277 e. The van der Waals surface area contributed by atoms with Crippen LogP contribution in [0.25, 0.3) is 17.3 Å². The first-order valence-electron chi connectivity index (χ1n) is 13.5. The molecule has 4 aromatic carbocycles. The van der Waals surface area contributed by atoms with E-state index in [9.17, 15) is 9.59 Å². The first-order valence-corrected chi connectivity index (χ1v) is 14.8. The lowest BCUT2D eigenvalue weighted by Gasteiger charge is -2.29. The van der Waals surface area contributed by atoms with Crippen LogP contribution in [-0.2, 0) is 16.6 Å². The third kappa shape index (κ3) is 5.99. The molecule has 9 heteroatoms. The number of amides is 2. The molecule has 1 aliphatic heterocycles. The van der Waals surface area contributed by atoms with Crippen molar-refractivity contribution in [2.45, 2.75) is 16.8 Å². The number of para-hydroxylation sites is 1. The summed E-state index contributed by atoms with van der Waals surface area (Å²) in [5.74, 6) is 0.241. The molecular formula is C34H27N4O3S2+. The zero-order chi connectivity index (χ0) is 29.9. The topological polar surface area (TPSA) is 78.3 Å². The normalized spacial score (nSPS) is 14.2. The van der Waals surface area contributed by atoms with Gasteiger partial charge >= 0.3 is 0 Å². The van der Waals surface area contributed by atoms with Crippen molar-refractivity contribution >= 4 is 52.7 Å². The zero-order valence-corrected chi connectivity index (χ0v) is 25.0. The Morgan fingerprint density at radius 1 is 0.837 bits per heavy atom. The third-order valence-electron chi connectivity index (χ3n) is 6.85. The number of carbonyl (C=O) groups excluding carboxylic acids is 2.